The number of rotatable bonds is 7. The third kappa shape index (κ3) is 6.89. The van der Waals surface area contributed by atoms with Crippen LogP contribution >= 0.6 is 24.0 Å². The lowest BCUT2D eigenvalue weighted by molar-refractivity contribution is 0.374. The van der Waals surface area contributed by atoms with Gasteiger partial charge in [-0.25, -0.2) is 0 Å². The second-order valence-electron chi connectivity index (χ2n) is 5.47. The molecule has 8 heteroatoms. The fourth-order valence-corrected chi connectivity index (χ4v) is 2.30. The summed E-state index contributed by atoms with van der Waals surface area (Å²) >= 11 is 0. The van der Waals surface area contributed by atoms with Gasteiger partial charge in [-0.3, -0.25) is 4.99 Å². The molecule has 0 aliphatic rings. The maximum atomic E-state index is 5.35. The van der Waals surface area contributed by atoms with E-state index < -0.39 is 0 Å². The molecule has 7 nitrogen and oxygen atoms in total. The van der Waals surface area contributed by atoms with Gasteiger partial charge in [0.2, 0.25) is 5.89 Å². The fourth-order valence-electron chi connectivity index (χ4n) is 2.30. The van der Waals surface area contributed by atoms with Crippen molar-refractivity contribution in [1.29, 1.82) is 0 Å². The van der Waals surface area contributed by atoms with Gasteiger partial charge in [-0.15, -0.1) is 24.0 Å². The van der Waals surface area contributed by atoms with Crippen molar-refractivity contribution in [2.75, 3.05) is 27.2 Å². The fraction of sp³-hybridized carbons (Fsp3) is 0.471. The van der Waals surface area contributed by atoms with E-state index >= 15 is 0 Å². The molecule has 0 fully saturated rings. The number of guanidine groups is 1. The largest absolute Gasteiger partial charge is 0.496 e. The quantitative estimate of drug-likeness (QED) is 0.376. The monoisotopic (exact) mass is 459 g/mol. The van der Waals surface area contributed by atoms with Crippen LogP contribution in [0.4, 0.5) is 0 Å². The average Bonchev–Trinajstić information content (AvgIpc) is 3.00. The molecular weight excluding hydrogens is 433 g/mol. The second kappa shape index (κ2) is 10.9. The Hall–Kier alpha value is -1.84. The SMILES string of the molecule is CN=C(NCCc1ccc(C)c(OC)c1)NCCc1nc(C)no1.I. The third-order valence-electron chi connectivity index (χ3n) is 3.60. The van der Waals surface area contributed by atoms with Crippen LogP contribution in [0.1, 0.15) is 22.8 Å². The highest BCUT2D eigenvalue weighted by molar-refractivity contribution is 14.0. The van der Waals surface area contributed by atoms with Crippen LogP contribution in [0.15, 0.2) is 27.7 Å². The van der Waals surface area contributed by atoms with Gasteiger partial charge in [0.05, 0.1) is 7.11 Å². The highest BCUT2D eigenvalue weighted by Gasteiger charge is 2.04. The Morgan fingerprint density at radius 2 is 1.92 bits per heavy atom. The van der Waals surface area contributed by atoms with Gasteiger partial charge < -0.3 is 19.9 Å². The van der Waals surface area contributed by atoms with Crippen molar-refractivity contribution in [1.82, 2.24) is 20.8 Å². The Kier molecular flexibility index (Phi) is 9.25. The molecule has 0 saturated carbocycles. The molecule has 0 bridgehead atoms. The molecule has 2 rings (SSSR count). The van der Waals surface area contributed by atoms with Crippen LogP contribution in [0.3, 0.4) is 0 Å². The number of nitrogens with zero attached hydrogens (tertiary/aromatic N) is 3. The first-order valence-electron chi connectivity index (χ1n) is 7.99. The van der Waals surface area contributed by atoms with Gasteiger partial charge in [-0.1, -0.05) is 17.3 Å². The van der Waals surface area contributed by atoms with Gasteiger partial charge in [0.1, 0.15) is 5.75 Å². The lowest BCUT2D eigenvalue weighted by atomic mass is 10.1. The van der Waals surface area contributed by atoms with Gasteiger partial charge in [0.25, 0.3) is 0 Å². The van der Waals surface area contributed by atoms with Crippen LogP contribution in [-0.2, 0) is 12.8 Å². The minimum atomic E-state index is 0. The van der Waals surface area contributed by atoms with Crippen LogP contribution in [0.2, 0.25) is 0 Å². The highest BCUT2D eigenvalue weighted by atomic mass is 127. The summed E-state index contributed by atoms with van der Waals surface area (Å²) in [5.41, 5.74) is 2.37. The Balaban J connectivity index is 0.00000312. The van der Waals surface area contributed by atoms with E-state index in [1.165, 1.54) is 5.56 Å². The Morgan fingerprint density at radius 1 is 1.20 bits per heavy atom. The molecule has 0 spiro atoms. The molecular formula is C17H26IN5O2. The number of aromatic nitrogens is 2. The molecule has 1 heterocycles. The maximum absolute atomic E-state index is 5.35. The van der Waals surface area contributed by atoms with E-state index in [4.69, 9.17) is 9.26 Å². The van der Waals surface area contributed by atoms with E-state index in [-0.39, 0.29) is 24.0 Å². The van der Waals surface area contributed by atoms with Gasteiger partial charge >= 0.3 is 0 Å². The lowest BCUT2D eigenvalue weighted by Crippen LogP contribution is -2.39. The Morgan fingerprint density at radius 3 is 2.52 bits per heavy atom. The standard InChI is InChI=1S/C17H25N5O2.HI/c1-12-5-6-14(11-15(12)23-4)7-9-19-17(18-3)20-10-8-16-21-13(2)22-24-16;/h5-6,11H,7-10H2,1-4H3,(H2,18,19,20);1H. The van der Waals surface area contributed by atoms with Gasteiger partial charge in [0.15, 0.2) is 11.8 Å². The van der Waals surface area contributed by atoms with Crippen molar-refractivity contribution in [2.45, 2.75) is 26.7 Å². The Bertz CT molecular complexity index is 687. The highest BCUT2D eigenvalue weighted by Crippen LogP contribution is 2.18. The molecule has 0 atom stereocenters. The molecule has 138 valence electrons. The lowest BCUT2D eigenvalue weighted by Gasteiger charge is -2.12. The molecule has 0 aliphatic heterocycles. The van der Waals surface area contributed by atoms with Gasteiger partial charge in [0, 0.05) is 26.6 Å². The predicted octanol–water partition coefficient (Wildman–Crippen LogP) is 2.26. The normalized spacial score (nSPS) is 11.0. The van der Waals surface area contributed by atoms with Gasteiger partial charge in [-0.2, -0.15) is 4.98 Å². The summed E-state index contributed by atoms with van der Waals surface area (Å²) in [6.07, 6.45) is 1.55. The van der Waals surface area contributed by atoms with Crippen molar-refractivity contribution in [3.8, 4) is 5.75 Å². The molecule has 0 amide bonds. The number of nitrogens with one attached hydrogen (secondary N) is 2. The van der Waals surface area contributed by atoms with E-state index in [0.717, 1.165) is 30.2 Å². The van der Waals surface area contributed by atoms with E-state index in [2.05, 4.69) is 44.0 Å². The number of aliphatic imine (C=N–C) groups is 1. The topological polar surface area (TPSA) is 84.6 Å². The zero-order valence-corrected chi connectivity index (χ0v) is 17.5. The first-order chi connectivity index (χ1) is 11.6. The number of ether oxygens (including phenoxy) is 1. The van der Waals surface area contributed by atoms with Gasteiger partial charge in [-0.05, 0) is 37.5 Å². The van der Waals surface area contributed by atoms with Crippen molar-refractivity contribution in [3.05, 3.63) is 41.0 Å². The maximum Gasteiger partial charge on any atom is 0.228 e. The van der Waals surface area contributed by atoms with Crippen molar-refractivity contribution < 1.29 is 9.26 Å². The van der Waals surface area contributed by atoms with Crippen LogP contribution in [-0.4, -0.2) is 43.3 Å². The molecule has 2 aromatic rings. The molecule has 1 aromatic heterocycles. The zero-order chi connectivity index (χ0) is 17.4. The summed E-state index contributed by atoms with van der Waals surface area (Å²) in [7, 11) is 3.45. The molecule has 2 N–H and O–H groups in total. The molecule has 25 heavy (non-hydrogen) atoms. The van der Waals surface area contributed by atoms with Crippen molar-refractivity contribution >= 4 is 29.9 Å². The first kappa shape index (κ1) is 21.2. The number of aryl methyl sites for hydroxylation is 2. The molecule has 0 unspecified atom stereocenters. The second-order valence-corrected chi connectivity index (χ2v) is 5.47. The minimum absolute atomic E-state index is 0. The molecule has 0 saturated heterocycles. The van der Waals surface area contributed by atoms with E-state index in [1.54, 1.807) is 21.1 Å². The predicted molar refractivity (Wildman–Crippen MR) is 109 cm³/mol. The molecule has 0 aliphatic carbocycles. The van der Waals surface area contributed by atoms with Crippen LogP contribution < -0.4 is 15.4 Å². The number of hydrogen-bond acceptors (Lipinski definition) is 5. The average molecular weight is 459 g/mol. The van der Waals surface area contributed by atoms with Crippen LogP contribution in [0.5, 0.6) is 5.75 Å². The third-order valence-corrected chi connectivity index (χ3v) is 3.60. The summed E-state index contributed by atoms with van der Waals surface area (Å²) in [4.78, 5) is 8.38. The summed E-state index contributed by atoms with van der Waals surface area (Å²) < 4.78 is 10.4. The summed E-state index contributed by atoms with van der Waals surface area (Å²) in [5, 5.41) is 10.3. The molecule has 0 radical (unpaired) electrons. The Labute approximate surface area is 165 Å². The van der Waals surface area contributed by atoms with Crippen LogP contribution in [0.25, 0.3) is 0 Å². The van der Waals surface area contributed by atoms with E-state index in [9.17, 15) is 0 Å². The first-order valence-corrected chi connectivity index (χ1v) is 7.99. The van der Waals surface area contributed by atoms with E-state index in [0.29, 0.717) is 24.7 Å². The van der Waals surface area contributed by atoms with Crippen molar-refractivity contribution in [3.63, 3.8) is 0 Å². The number of hydrogen-bond donors (Lipinski definition) is 2. The van der Waals surface area contributed by atoms with E-state index in [1.807, 2.05) is 6.92 Å². The summed E-state index contributed by atoms with van der Waals surface area (Å²) in [5.74, 6) is 2.96. The smallest absolute Gasteiger partial charge is 0.228 e. The number of halogens is 1. The number of benzene rings is 1. The summed E-state index contributed by atoms with van der Waals surface area (Å²) in [6, 6.07) is 6.27. The summed E-state index contributed by atoms with van der Waals surface area (Å²) in [6.45, 7) is 5.31. The zero-order valence-electron chi connectivity index (χ0n) is 15.1. The van der Waals surface area contributed by atoms with Crippen molar-refractivity contribution in [2.24, 2.45) is 4.99 Å². The number of methoxy groups -OCH3 is 1. The molecule has 1 aromatic carbocycles. The van der Waals surface area contributed by atoms with Crippen LogP contribution in [0, 0.1) is 13.8 Å². The minimum Gasteiger partial charge on any atom is -0.496 e.